The number of fused-ring (bicyclic) bond motifs is 1. The van der Waals surface area contributed by atoms with Crippen molar-refractivity contribution in [2.24, 2.45) is 0 Å². The van der Waals surface area contributed by atoms with E-state index in [1.54, 1.807) is 6.07 Å². The molecule has 3 aromatic carbocycles. The van der Waals surface area contributed by atoms with Gasteiger partial charge in [-0.2, -0.15) is 0 Å². The lowest BCUT2D eigenvalue weighted by Crippen LogP contribution is -2.54. The number of carbonyl (C=O) groups is 3. The van der Waals surface area contributed by atoms with Crippen molar-refractivity contribution in [2.75, 3.05) is 11.7 Å². The Hall–Kier alpha value is -4.01. The van der Waals surface area contributed by atoms with E-state index in [1.807, 2.05) is 30.3 Å². The van der Waals surface area contributed by atoms with Gasteiger partial charge >= 0.3 is 6.03 Å². The van der Waals surface area contributed by atoms with Gasteiger partial charge in [0, 0.05) is 6.07 Å². The van der Waals surface area contributed by atoms with Crippen LogP contribution in [0.25, 0.3) is 6.08 Å². The molecular weight excluding hydrogens is 495 g/mol. The maximum Gasteiger partial charge on any atom is 0.335 e. The second-order valence-electron chi connectivity index (χ2n) is 7.58. The first kappa shape index (κ1) is 22.8. The lowest BCUT2D eigenvalue weighted by Gasteiger charge is -2.26. The zero-order valence-corrected chi connectivity index (χ0v) is 19.4. The van der Waals surface area contributed by atoms with Gasteiger partial charge in [-0.3, -0.25) is 14.9 Å². The molecule has 8 nitrogen and oxygen atoms in total. The van der Waals surface area contributed by atoms with Crippen LogP contribution in [0.1, 0.15) is 11.1 Å². The van der Waals surface area contributed by atoms with Gasteiger partial charge in [-0.25, -0.2) is 9.69 Å². The van der Waals surface area contributed by atoms with Gasteiger partial charge in [-0.05, 0) is 41.5 Å². The molecule has 3 aromatic rings. The maximum atomic E-state index is 13.2. The monoisotopic (exact) mass is 510 g/mol. The van der Waals surface area contributed by atoms with Crippen LogP contribution in [0, 0.1) is 0 Å². The van der Waals surface area contributed by atoms with Gasteiger partial charge in [-0.1, -0.05) is 53.5 Å². The van der Waals surface area contributed by atoms with E-state index in [-0.39, 0.29) is 40.5 Å². The Morgan fingerprint density at radius 1 is 0.943 bits per heavy atom. The number of carbonyl (C=O) groups excluding carboxylic acids is 3. The molecule has 10 heteroatoms. The summed E-state index contributed by atoms with van der Waals surface area (Å²) < 4.78 is 16.3. The first-order chi connectivity index (χ1) is 16.9. The quantitative estimate of drug-likeness (QED) is 0.384. The highest BCUT2D eigenvalue weighted by Crippen LogP contribution is 2.37. The van der Waals surface area contributed by atoms with Crippen LogP contribution >= 0.6 is 23.2 Å². The fourth-order valence-electron chi connectivity index (χ4n) is 3.61. The summed E-state index contributed by atoms with van der Waals surface area (Å²) in [5.41, 5.74) is 1.26. The fourth-order valence-corrected chi connectivity index (χ4v) is 4.23. The molecule has 0 radical (unpaired) electrons. The minimum absolute atomic E-state index is 0.0369. The molecule has 4 amide bonds. The van der Waals surface area contributed by atoms with E-state index in [4.69, 9.17) is 37.4 Å². The Balaban J connectivity index is 1.42. The number of nitrogens with one attached hydrogen (secondary N) is 1. The molecule has 0 aliphatic carbocycles. The number of rotatable bonds is 5. The topological polar surface area (TPSA) is 94.2 Å². The molecule has 0 atom stereocenters. The summed E-state index contributed by atoms with van der Waals surface area (Å²) in [6.07, 6.45) is 1.31. The number of amides is 4. The smallest absolute Gasteiger partial charge is 0.335 e. The molecular formula is C25H16Cl2N2O6. The van der Waals surface area contributed by atoms with Gasteiger partial charge in [0.1, 0.15) is 12.2 Å². The van der Waals surface area contributed by atoms with Crippen LogP contribution in [0.2, 0.25) is 10.0 Å². The SMILES string of the molecule is O=C1NC(=O)N(c2ccc3c(c2)OCO3)C(=O)/C1=C/c1cc(Cl)c(OCc2ccccc2)c(Cl)c1. The van der Waals surface area contributed by atoms with Crippen molar-refractivity contribution < 1.29 is 28.6 Å². The molecule has 1 fully saturated rings. The van der Waals surface area contributed by atoms with E-state index in [1.165, 1.54) is 30.3 Å². The summed E-state index contributed by atoms with van der Waals surface area (Å²) in [5.74, 6) is -0.502. The van der Waals surface area contributed by atoms with E-state index in [2.05, 4.69) is 5.32 Å². The zero-order valence-electron chi connectivity index (χ0n) is 17.9. The standard InChI is InChI=1S/C25H16Cl2N2O6/c26-18-9-15(10-19(27)22(18)33-12-14-4-2-1-3-5-14)8-17-23(30)28-25(32)29(24(17)31)16-6-7-20-21(11-16)35-13-34-20/h1-11H,12-13H2,(H,28,30,32)/b17-8+. The van der Waals surface area contributed by atoms with Gasteiger partial charge in [0.25, 0.3) is 11.8 Å². The number of hydrogen-bond acceptors (Lipinski definition) is 6. The van der Waals surface area contributed by atoms with Crippen molar-refractivity contribution in [1.29, 1.82) is 0 Å². The summed E-state index contributed by atoms with van der Waals surface area (Å²) in [5, 5.41) is 2.57. The second-order valence-corrected chi connectivity index (χ2v) is 8.40. The van der Waals surface area contributed by atoms with Crippen LogP contribution in [0.5, 0.6) is 17.2 Å². The van der Waals surface area contributed by atoms with Crippen molar-refractivity contribution >= 4 is 52.8 Å². The van der Waals surface area contributed by atoms with Crippen molar-refractivity contribution in [3.05, 3.63) is 87.4 Å². The molecule has 2 aliphatic heterocycles. The molecule has 2 aliphatic rings. The normalized spacial score (nSPS) is 16.0. The summed E-state index contributed by atoms with van der Waals surface area (Å²) in [6, 6.07) is 16.2. The average Bonchev–Trinajstić information content (AvgIpc) is 3.30. The molecule has 0 aromatic heterocycles. The Morgan fingerprint density at radius 2 is 1.66 bits per heavy atom. The van der Waals surface area contributed by atoms with E-state index < -0.39 is 17.8 Å². The number of urea groups is 1. The molecule has 5 rings (SSSR count). The summed E-state index contributed by atoms with van der Waals surface area (Å²) in [7, 11) is 0. The molecule has 176 valence electrons. The number of nitrogens with zero attached hydrogens (tertiary/aromatic N) is 1. The number of barbiturate groups is 1. The number of halogens is 2. The third-order valence-corrected chi connectivity index (χ3v) is 5.84. The van der Waals surface area contributed by atoms with Gasteiger partial charge in [-0.15, -0.1) is 0 Å². The van der Waals surface area contributed by atoms with Crippen molar-refractivity contribution in [3.8, 4) is 17.2 Å². The van der Waals surface area contributed by atoms with Crippen LogP contribution in [0.3, 0.4) is 0 Å². The predicted octanol–water partition coefficient (Wildman–Crippen LogP) is 4.97. The third kappa shape index (κ3) is 4.53. The maximum absolute atomic E-state index is 13.2. The first-order valence-electron chi connectivity index (χ1n) is 10.4. The predicted molar refractivity (Wildman–Crippen MR) is 129 cm³/mol. The highest BCUT2D eigenvalue weighted by Gasteiger charge is 2.37. The summed E-state index contributed by atoms with van der Waals surface area (Å²) in [6.45, 7) is 0.295. The second kappa shape index (κ2) is 9.32. The molecule has 0 unspecified atom stereocenters. The molecule has 0 spiro atoms. The van der Waals surface area contributed by atoms with Crippen LogP contribution in [0.4, 0.5) is 10.5 Å². The molecule has 0 bridgehead atoms. The van der Waals surface area contributed by atoms with Crippen molar-refractivity contribution in [1.82, 2.24) is 5.32 Å². The minimum atomic E-state index is -0.878. The minimum Gasteiger partial charge on any atom is -0.486 e. The Morgan fingerprint density at radius 3 is 2.40 bits per heavy atom. The van der Waals surface area contributed by atoms with Crippen LogP contribution in [0.15, 0.2) is 66.2 Å². The Labute approximate surface area is 209 Å². The highest BCUT2D eigenvalue weighted by molar-refractivity contribution is 6.40. The summed E-state index contributed by atoms with van der Waals surface area (Å²) in [4.78, 5) is 39.0. The number of hydrogen-bond donors (Lipinski definition) is 1. The van der Waals surface area contributed by atoms with Crippen LogP contribution < -0.4 is 24.4 Å². The van der Waals surface area contributed by atoms with E-state index in [9.17, 15) is 14.4 Å². The van der Waals surface area contributed by atoms with E-state index in [0.29, 0.717) is 17.1 Å². The number of anilines is 1. The zero-order chi connectivity index (χ0) is 24.5. The molecule has 35 heavy (non-hydrogen) atoms. The van der Waals surface area contributed by atoms with Crippen molar-refractivity contribution in [3.63, 3.8) is 0 Å². The van der Waals surface area contributed by atoms with Gasteiger partial charge in [0.15, 0.2) is 17.2 Å². The fraction of sp³-hybridized carbons (Fsp3) is 0.0800. The van der Waals surface area contributed by atoms with Crippen LogP contribution in [-0.4, -0.2) is 24.6 Å². The molecule has 2 heterocycles. The molecule has 1 N–H and O–H groups in total. The Bertz CT molecular complexity index is 1370. The largest absolute Gasteiger partial charge is 0.486 e. The van der Waals surface area contributed by atoms with Gasteiger partial charge < -0.3 is 14.2 Å². The highest BCUT2D eigenvalue weighted by atomic mass is 35.5. The third-order valence-electron chi connectivity index (χ3n) is 5.27. The molecule has 1 saturated heterocycles. The lowest BCUT2D eigenvalue weighted by atomic mass is 10.1. The van der Waals surface area contributed by atoms with E-state index >= 15 is 0 Å². The number of imide groups is 2. The average molecular weight is 511 g/mol. The van der Waals surface area contributed by atoms with Crippen LogP contribution in [-0.2, 0) is 16.2 Å². The van der Waals surface area contributed by atoms with Gasteiger partial charge in [0.05, 0.1) is 15.7 Å². The van der Waals surface area contributed by atoms with E-state index in [0.717, 1.165) is 10.5 Å². The number of benzene rings is 3. The Kier molecular flexibility index (Phi) is 6.07. The lowest BCUT2D eigenvalue weighted by molar-refractivity contribution is -0.122. The molecule has 0 saturated carbocycles. The van der Waals surface area contributed by atoms with Crippen molar-refractivity contribution in [2.45, 2.75) is 6.61 Å². The summed E-state index contributed by atoms with van der Waals surface area (Å²) >= 11 is 12.8. The number of ether oxygens (including phenoxy) is 3. The van der Waals surface area contributed by atoms with Gasteiger partial charge in [0.2, 0.25) is 6.79 Å². The first-order valence-corrected chi connectivity index (χ1v) is 11.1.